The molecule has 64 valence electrons. The Morgan fingerprint density at radius 2 is 2.09 bits per heavy atom. The molecule has 1 fully saturated rings. The van der Waals surface area contributed by atoms with Crippen LogP contribution in [0.4, 0.5) is 0 Å². The highest BCUT2D eigenvalue weighted by Crippen LogP contribution is 2.28. The fourth-order valence-electron chi connectivity index (χ4n) is 1.79. The van der Waals surface area contributed by atoms with Crippen LogP contribution in [-0.2, 0) is 0 Å². The standard InChI is InChI=1S/C8H18BNO/c1-8(2)5-4-6-10(7-8)9(3)11/h11H,4-7H2,1-3H3. The van der Waals surface area contributed by atoms with Gasteiger partial charge in [0, 0.05) is 0 Å². The summed E-state index contributed by atoms with van der Waals surface area (Å²) in [6.45, 7) is 8.47. The van der Waals surface area contributed by atoms with E-state index in [2.05, 4.69) is 18.7 Å². The van der Waals surface area contributed by atoms with Gasteiger partial charge in [-0.25, -0.2) is 0 Å². The largest absolute Gasteiger partial charge is 0.437 e. The van der Waals surface area contributed by atoms with Crippen LogP contribution in [0.2, 0.25) is 6.82 Å². The second kappa shape index (κ2) is 3.15. The monoisotopic (exact) mass is 155 g/mol. The topological polar surface area (TPSA) is 23.5 Å². The van der Waals surface area contributed by atoms with Gasteiger partial charge in [0.05, 0.1) is 0 Å². The molecule has 0 aliphatic carbocycles. The molecule has 0 aromatic rings. The van der Waals surface area contributed by atoms with Crippen molar-refractivity contribution in [1.82, 2.24) is 4.81 Å². The maximum atomic E-state index is 9.34. The fraction of sp³-hybridized carbons (Fsp3) is 1.00. The Morgan fingerprint density at radius 1 is 1.45 bits per heavy atom. The Bertz CT molecular complexity index is 136. The molecular weight excluding hydrogens is 137 g/mol. The fourth-order valence-corrected chi connectivity index (χ4v) is 1.79. The van der Waals surface area contributed by atoms with Crippen LogP contribution in [0.3, 0.4) is 0 Å². The van der Waals surface area contributed by atoms with E-state index in [9.17, 15) is 5.02 Å². The van der Waals surface area contributed by atoms with Crippen LogP contribution in [0.15, 0.2) is 0 Å². The first-order valence-corrected chi connectivity index (χ1v) is 4.43. The molecule has 0 spiro atoms. The van der Waals surface area contributed by atoms with Crippen LogP contribution in [-0.4, -0.2) is 30.0 Å². The summed E-state index contributed by atoms with van der Waals surface area (Å²) >= 11 is 0. The highest BCUT2D eigenvalue weighted by Gasteiger charge is 2.29. The molecule has 3 heteroatoms. The smallest absolute Gasteiger partial charge is 0.376 e. The van der Waals surface area contributed by atoms with Crippen LogP contribution < -0.4 is 0 Å². The summed E-state index contributed by atoms with van der Waals surface area (Å²) in [6.07, 6.45) is 2.51. The molecule has 0 aromatic heterocycles. The van der Waals surface area contributed by atoms with E-state index in [1.807, 2.05) is 6.82 Å². The summed E-state index contributed by atoms with van der Waals surface area (Å²) in [5.74, 6) is 0. The van der Waals surface area contributed by atoms with Gasteiger partial charge in [-0.2, -0.15) is 0 Å². The molecule has 0 atom stereocenters. The van der Waals surface area contributed by atoms with E-state index in [0.29, 0.717) is 5.41 Å². The van der Waals surface area contributed by atoms with Crippen molar-refractivity contribution in [3.8, 4) is 0 Å². The zero-order valence-corrected chi connectivity index (χ0v) is 7.80. The molecule has 0 aromatic carbocycles. The lowest BCUT2D eigenvalue weighted by Crippen LogP contribution is -2.47. The van der Waals surface area contributed by atoms with Crippen molar-refractivity contribution in [3.63, 3.8) is 0 Å². The highest BCUT2D eigenvalue weighted by molar-refractivity contribution is 6.45. The van der Waals surface area contributed by atoms with Gasteiger partial charge in [0.15, 0.2) is 0 Å². The average molecular weight is 155 g/mol. The maximum absolute atomic E-state index is 9.34. The molecule has 1 aliphatic heterocycles. The van der Waals surface area contributed by atoms with E-state index in [1.165, 1.54) is 12.8 Å². The molecule has 1 aliphatic rings. The second-order valence-corrected chi connectivity index (χ2v) is 4.37. The Morgan fingerprint density at radius 3 is 2.45 bits per heavy atom. The molecule has 0 unspecified atom stereocenters. The predicted octanol–water partition coefficient (Wildman–Crippen LogP) is 1.22. The highest BCUT2D eigenvalue weighted by atomic mass is 16.2. The lowest BCUT2D eigenvalue weighted by Gasteiger charge is -2.38. The van der Waals surface area contributed by atoms with Gasteiger partial charge in [-0.15, -0.1) is 0 Å². The summed E-state index contributed by atoms with van der Waals surface area (Å²) < 4.78 is 0. The number of nitrogens with zero attached hydrogens (tertiary/aromatic N) is 1. The Hall–Kier alpha value is -0.0151. The van der Waals surface area contributed by atoms with E-state index >= 15 is 0 Å². The van der Waals surface area contributed by atoms with Gasteiger partial charge in [-0.05, 0) is 38.2 Å². The maximum Gasteiger partial charge on any atom is 0.376 e. The average Bonchev–Trinajstić information content (AvgIpc) is 1.85. The van der Waals surface area contributed by atoms with E-state index in [4.69, 9.17) is 0 Å². The molecule has 1 rings (SSSR count). The minimum Gasteiger partial charge on any atom is -0.437 e. The molecule has 0 saturated carbocycles. The number of rotatable bonds is 1. The molecule has 2 nitrogen and oxygen atoms in total. The van der Waals surface area contributed by atoms with Crippen molar-refractivity contribution >= 4 is 7.05 Å². The van der Waals surface area contributed by atoms with Gasteiger partial charge in [-0.1, -0.05) is 13.8 Å². The Balaban J connectivity index is 2.46. The third kappa shape index (κ3) is 2.49. The third-order valence-electron chi connectivity index (χ3n) is 2.46. The van der Waals surface area contributed by atoms with Crippen molar-refractivity contribution in [3.05, 3.63) is 0 Å². The minimum absolute atomic E-state index is 0.269. The molecule has 1 saturated heterocycles. The number of hydrogen-bond acceptors (Lipinski definition) is 2. The van der Waals surface area contributed by atoms with Crippen molar-refractivity contribution < 1.29 is 5.02 Å². The summed E-state index contributed by atoms with van der Waals surface area (Å²) in [7, 11) is -0.269. The van der Waals surface area contributed by atoms with Gasteiger partial charge in [0.25, 0.3) is 0 Å². The number of hydrogen-bond donors (Lipinski definition) is 1. The lowest BCUT2D eigenvalue weighted by atomic mass is 9.76. The first kappa shape index (κ1) is 9.08. The van der Waals surface area contributed by atoms with Crippen LogP contribution in [0.25, 0.3) is 0 Å². The zero-order chi connectivity index (χ0) is 8.48. The minimum atomic E-state index is -0.269. The van der Waals surface area contributed by atoms with E-state index < -0.39 is 0 Å². The van der Waals surface area contributed by atoms with Gasteiger partial charge in [-0.3, -0.25) is 0 Å². The van der Waals surface area contributed by atoms with Gasteiger partial charge in [0.1, 0.15) is 0 Å². The molecule has 0 bridgehead atoms. The summed E-state index contributed by atoms with van der Waals surface area (Å²) in [5.41, 5.74) is 0.398. The lowest BCUT2D eigenvalue weighted by molar-refractivity contribution is 0.171. The molecule has 0 amide bonds. The Kier molecular flexibility index (Phi) is 2.60. The first-order valence-electron chi connectivity index (χ1n) is 4.43. The summed E-state index contributed by atoms with van der Waals surface area (Å²) in [6, 6.07) is 0. The first-order chi connectivity index (χ1) is 5.01. The third-order valence-corrected chi connectivity index (χ3v) is 2.46. The van der Waals surface area contributed by atoms with Crippen molar-refractivity contribution in [2.45, 2.75) is 33.5 Å². The molecule has 1 N–H and O–H groups in total. The number of piperidine rings is 1. The molecule has 11 heavy (non-hydrogen) atoms. The van der Waals surface area contributed by atoms with Crippen molar-refractivity contribution in [2.75, 3.05) is 13.1 Å². The van der Waals surface area contributed by atoms with Crippen LogP contribution in [0, 0.1) is 5.41 Å². The van der Waals surface area contributed by atoms with Crippen LogP contribution >= 0.6 is 0 Å². The molecule has 0 radical (unpaired) electrons. The Labute approximate surface area is 69.7 Å². The summed E-state index contributed by atoms with van der Waals surface area (Å²) in [4.78, 5) is 2.14. The second-order valence-electron chi connectivity index (χ2n) is 4.37. The van der Waals surface area contributed by atoms with E-state index in [1.54, 1.807) is 0 Å². The zero-order valence-electron chi connectivity index (χ0n) is 7.80. The van der Waals surface area contributed by atoms with E-state index in [-0.39, 0.29) is 7.05 Å². The summed E-state index contributed by atoms with van der Waals surface area (Å²) in [5, 5.41) is 9.34. The quantitative estimate of drug-likeness (QED) is 0.575. The normalized spacial score (nSPS) is 25.1. The van der Waals surface area contributed by atoms with Crippen molar-refractivity contribution in [2.24, 2.45) is 5.41 Å². The SMILES string of the molecule is CB(O)N1CCCC(C)(C)C1. The van der Waals surface area contributed by atoms with Gasteiger partial charge < -0.3 is 9.83 Å². The van der Waals surface area contributed by atoms with Gasteiger partial charge in [0.2, 0.25) is 0 Å². The molecule has 1 heterocycles. The van der Waals surface area contributed by atoms with Gasteiger partial charge >= 0.3 is 7.05 Å². The molecular formula is C8H18BNO. The van der Waals surface area contributed by atoms with Crippen molar-refractivity contribution in [1.29, 1.82) is 0 Å². The van der Waals surface area contributed by atoms with Crippen LogP contribution in [0.1, 0.15) is 26.7 Å². The van der Waals surface area contributed by atoms with Crippen LogP contribution in [0.5, 0.6) is 0 Å². The van der Waals surface area contributed by atoms with E-state index in [0.717, 1.165) is 13.1 Å². The predicted molar refractivity (Wildman–Crippen MR) is 48.4 cm³/mol.